The molecule has 0 fully saturated rings. The number of nitrogen functional groups attached to an aromatic ring is 1. The zero-order chi connectivity index (χ0) is 9.97. The number of nitrogens with two attached hydrogens (primary N) is 1. The second-order valence-electron chi connectivity index (χ2n) is 3.11. The van der Waals surface area contributed by atoms with Gasteiger partial charge in [-0.25, -0.2) is 0 Å². The van der Waals surface area contributed by atoms with Crippen LogP contribution in [0.25, 0.3) is 5.70 Å². The Morgan fingerprint density at radius 1 is 1.29 bits per heavy atom. The van der Waals surface area contributed by atoms with Crippen molar-refractivity contribution in [2.45, 2.75) is 6.92 Å². The van der Waals surface area contributed by atoms with E-state index in [0.717, 1.165) is 22.0 Å². The summed E-state index contributed by atoms with van der Waals surface area (Å²) in [5, 5.41) is 1.90. The first-order valence-corrected chi connectivity index (χ1v) is 4.41. The van der Waals surface area contributed by atoms with E-state index in [1.807, 2.05) is 31.2 Å². The molecular formula is C11H11N3. The molecule has 0 saturated carbocycles. The van der Waals surface area contributed by atoms with Crippen LogP contribution in [0.15, 0.2) is 40.5 Å². The predicted octanol–water partition coefficient (Wildman–Crippen LogP) is 0.615. The molecule has 0 aliphatic carbocycles. The number of hydrogen-bond acceptors (Lipinski definition) is 3. The summed E-state index contributed by atoms with van der Waals surface area (Å²) in [4.78, 5) is 8.55. The molecule has 0 radical (unpaired) electrons. The number of aliphatic imine (C=N–C) groups is 1. The summed E-state index contributed by atoms with van der Waals surface area (Å²) < 4.78 is 0. The van der Waals surface area contributed by atoms with Crippen molar-refractivity contribution in [3.8, 4) is 0 Å². The van der Waals surface area contributed by atoms with Crippen molar-refractivity contribution in [2.75, 3.05) is 5.73 Å². The van der Waals surface area contributed by atoms with Gasteiger partial charge in [-0.1, -0.05) is 0 Å². The molecule has 1 aliphatic heterocycles. The van der Waals surface area contributed by atoms with Gasteiger partial charge in [0.05, 0.1) is 5.36 Å². The number of benzene rings is 1. The van der Waals surface area contributed by atoms with Gasteiger partial charge >= 0.3 is 0 Å². The standard InChI is InChI=1S/C11H11N3/c1-8-10-7-9(12)3-4-11(10)14-6-2-5-13-8/h2-7H,12H2,1H3. The Labute approximate surface area is 82.0 Å². The van der Waals surface area contributed by atoms with Crippen LogP contribution in [0.4, 0.5) is 5.69 Å². The van der Waals surface area contributed by atoms with E-state index in [1.165, 1.54) is 0 Å². The molecular weight excluding hydrogens is 174 g/mol. The van der Waals surface area contributed by atoms with Gasteiger partial charge in [-0.05, 0) is 31.2 Å². The lowest BCUT2D eigenvalue weighted by Crippen LogP contribution is -2.26. The van der Waals surface area contributed by atoms with E-state index in [4.69, 9.17) is 5.73 Å². The first-order chi connectivity index (χ1) is 6.77. The first-order valence-electron chi connectivity index (χ1n) is 4.41. The molecule has 2 N–H and O–H groups in total. The summed E-state index contributed by atoms with van der Waals surface area (Å²) in [6.07, 6.45) is 5.26. The van der Waals surface area contributed by atoms with Crippen LogP contribution in [0, 0.1) is 0 Å². The van der Waals surface area contributed by atoms with Gasteiger partial charge in [-0.2, -0.15) is 0 Å². The van der Waals surface area contributed by atoms with E-state index in [2.05, 4.69) is 9.98 Å². The van der Waals surface area contributed by atoms with Crippen molar-refractivity contribution in [3.05, 3.63) is 41.1 Å². The molecule has 3 heteroatoms. The highest BCUT2D eigenvalue weighted by molar-refractivity contribution is 5.75. The van der Waals surface area contributed by atoms with E-state index in [-0.39, 0.29) is 0 Å². The number of allylic oxidation sites excluding steroid dienone is 1. The molecule has 0 aromatic heterocycles. The lowest BCUT2D eigenvalue weighted by molar-refractivity contribution is 1.27. The monoisotopic (exact) mass is 185 g/mol. The largest absolute Gasteiger partial charge is 0.399 e. The number of rotatable bonds is 0. The Morgan fingerprint density at radius 2 is 2.14 bits per heavy atom. The molecule has 70 valence electrons. The summed E-state index contributed by atoms with van der Waals surface area (Å²) in [6, 6.07) is 5.64. The summed E-state index contributed by atoms with van der Waals surface area (Å²) >= 11 is 0. The SMILES string of the molecule is CC1=c2cc(N)ccc2=NC=CC=N1. The highest BCUT2D eigenvalue weighted by Gasteiger charge is 1.94. The minimum Gasteiger partial charge on any atom is -0.399 e. The summed E-state index contributed by atoms with van der Waals surface area (Å²) in [5.74, 6) is 0. The van der Waals surface area contributed by atoms with Gasteiger partial charge in [0.25, 0.3) is 0 Å². The third kappa shape index (κ3) is 1.57. The van der Waals surface area contributed by atoms with E-state index in [9.17, 15) is 0 Å². The van der Waals surface area contributed by atoms with Gasteiger partial charge in [0.1, 0.15) is 0 Å². The van der Waals surface area contributed by atoms with E-state index >= 15 is 0 Å². The Balaban J connectivity index is 2.89. The fourth-order valence-corrected chi connectivity index (χ4v) is 1.34. The minimum atomic E-state index is 0.734. The molecule has 1 aromatic rings. The molecule has 3 nitrogen and oxygen atoms in total. The van der Waals surface area contributed by atoms with Gasteiger partial charge in [0, 0.05) is 29.0 Å². The van der Waals surface area contributed by atoms with Crippen LogP contribution >= 0.6 is 0 Å². The third-order valence-corrected chi connectivity index (χ3v) is 2.06. The van der Waals surface area contributed by atoms with E-state index < -0.39 is 0 Å². The number of nitrogens with zero attached hydrogens (tertiary/aromatic N) is 2. The van der Waals surface area contributed by atoms with Crippen LogP contribution in [0.3, 0.4) is 0 Å². The third-order valence-electron chi connectivity index (χ3n) is 2.06. The van der Waals surface area contributed by atoms with Crippen molar-refractivity contribution in [1.82, 2.24) is 0 Å². The van der Waals surface area contributed by atoms with Gasteiger partial charge in [-0.15, -0.1) is 0 Å². The van der Waals surface area contributed by atoms with Crippen molar-refractivity contribution < 1.29 is 0 Å². The van der Waals surface area contributed by atoms with Crippen molar-refractivity contribution >= 4 is 17.6 Å². The molecule has 2 rings (SSSR count). The molecule has 1 aliphatic rings. The van der Waals surface area contributed by atoms with Gasteiger partial charge in [-0.3, -0.25) is 9.98 Å². The van der Waals surface area contributed by atoms with Crippen LogP contribution in [0.2, 0.25) is 0 Å². The molecule has 14 heavy (non-hydrogen) atoms. The van der Waals surface area contributed by atoms with Gasteiger partial charge in [0.2, 0.25) is 0 Å². The van der Waals surface area contributed by atoms with Crippen LogP contribution in [-0.4, -0.2) is 6.21 Å². The minimum absolute atomic E-state index is 0.734. The molecule has 0 unspecified atom stereocenters. The summed E-state index contributed by atoms with van der Waals surface area (Å²) in [7, 11) is 0. The first kappa shape index (κ1) is 8.69. The van der Waals surface area contributed by atoms with Crippen LogP contribution in [0.1, 0.15) is 6.92 Å². The Morgan fingerprint density at radius 3 is 3.00 bits per heavy atom. The fourth-order valence-electron chi connectivity index (χ4n) is 1.34. The zero-order valence-electron chi connectivity index (χ0n) is 7.94. The lowest BCUT2D eigenvalue weighted by atomic mass is 10.2. The number of anilines is 1. The van der Waals surface area contributed by atoms with Crippen LogP contribution in [-0.2, 0) is 0 Å². The Kier molecular flexibility index (Phi) is 2.14. The normalized spacial score (nSPS) is 14.2. The highest BCUT2D eigenvalue weighted by atomic mass is 14.7. The Hall–Kier alpha value is -1.90. The van der Waals surface area contributed by atoms with Crippen molar-refractivity contribution in [1.29, 1.82) is 0 Å². The van der Waals surface area contributed by atoms with Gasteiger partial charge in [0.15, 0.2) is 0 Å². The maximum absolute atomic E-state index is 5.71. The number of hydrogen-bond donors (Lipinski definition) is 1. The maximum atomic E-state index is 5.71. The van der Waals surface area contributed by atoms with Gasteiger partial charge < -0.3 is 5.73 Å². The van der Waals surface area contributed by atoms with Crippen molar-refractivity contribution in [3.63, 3.8) is 0 Å². The quantitative estimate of drug-likeness (QED) is 0.592. The average Bonchev–Trinajstić information content (AvgIpc) is 2.16. The predicted molar refractivity (Wildman–Crippen MR) is 58.3 cm³/mol. The molecule has 0 amide bonds. The molecule has 0 spiro atoms. The summed E-state index contributed by atoms with van der Waals surface area (Å²) in [5.41, 5.74) is 7.37. The maximum Gasteiger partial charge on any atom is 0.0721 e. The topological polar surface area (TPSA) is 50.7 Å². The number of fused-ring (bicyclic) bond motifs is 1. The smallest absolute Gasteiger partial charge is 0.0721 e. The molecule has 0 bridgehead atoms. The second-order valence-corrected chi connectivity index (χ2v) is 3.11. The van der Waals surface area contributed by atoms with E-state index in [0.29, 0.717) is 0 Å². The Bertz CT molecular complexity index is 524. The van der Waals surface area contributed by atoms with E-state index in [1.54, 1.807) is 12.4 Å². The molecule has 1 aromatic carbocycles. The fraction of sp³-hybridized carbons (Fsp3) is 0.0909. The lowest BCUT2D eigenvalue weighted by Gasteiger charge is -1.97. The zero-order valence-corrected chi connectivity index (χ0v) is 7.94. The van der Waals surface area contributed by atoms with Crippen LogP contribution in [0.5, 0.6) is 0 Å². The highest BCUT2D eigenvalue weighted by Crippen LogP contribution is 1.96. The average molecular weight is 185 g/mol. The summed E-state index contributed by atoms with van der Waals surface area (Å²) in [6.45, 7) is 1.95. The molecule has 0 saturated heterocycles. The second kappa shape index (κ2) is 3.46. The van der Waals surface area contributed by atoms with Crippen LogP contribution < -0.4 is 16.3 Å². The molecule has 1 heterocycles. The van der Waals surface area contributed by atoms with Crippen molar-refractivity contribution in [2.24, 2.45) is 9.98 Å². The molecule has 0 atom stereocenters.